The van der Waals surface area contributed by atoms with Gasteiger partial charge in [0.05, 0.1) is 6.04 Å². The quantitative estimate of drug-likeness (QED) is 0.488. The number of carbonyl (C=O) groups excluding carboxylic acids is 2. The van der Waals surface area contributed by atoms with Crippen molar-refractivity contribution < 1.29 is 9.59 Å². The van der Waals surface area contributed by atoms with Gasteiger partial charge < -0.3 is 20.9 Å². The molecular formula is C24H28N4O2. The highest BCUT2D eigenvalue weighted by atomic mass is 16.2. The van der Waals surface area contributed by atoms with E-state index in [2.05, 4.69) is 33.1 Å². The molecule has 2 atom stereocenters. The van der Waals surface area contributed by atoms with Crippen LogP contribution in [0.5, 0.6) is 0 Å². The minimum atomic E-state index is -0.623. The molecule has 30 heavy (non-hydrogen) atoms. The number of amides is 2. The van der Waals surface area contributed by atoms with E-state index in [-0.39, 0.29) is 17.9 Å². The van der Waals surface area contributed by atoms with Gasteiger partial charge in [-0.3, -0.25) is 9.59 Å². The summed E-state index contributed by atoms with van der Waals surface area (Å²) in [5.74, 6) is -0.285. The SMILES string of the molecule is CCCNC(=O)[C@H](Cc1c[nH]c2ccccc12)NC(=O)[C@H]1Cc2ccccc2CN1. The lowest BCUT2D eigenvalue weighted by Gasteiger charge is -2.27. The predicted molar refractivity (Wildman–Crippen MR) is 118 cm³/mol. The molecule has 0 unspecified atom stereocenters. The van der Waals surface area contributed by atoms with E-state index >= 15 is 0 Å². The van der Waals surface area contributed by atoms with Gasteiger partial charge in [0.25, 0.3) is 0 Å². The maximum Gasteiger partial charge on any atom is 0.242 e. The van der Waals surface area contributed by atoms with Gasteiger partial charge in [0.2, 0.25) is 11.8 Å². The lowest BCUT2D eigenvalue weighted by molar-refractivity contribution is -0.130. The van der Waals surface area contributed by atoms with Crippen LogP contribution < -0.4 is 16.0 Å². The molecule has 0 saturated heterocycles. The number of para-hydroxylation sites is 1. The molecule has 1 aromatic heterocycles. The first kappa shape index (κ1) is 20.2. The maximum absolute atomic E-state index is 13.0. The van der Waals surface area contributed by atoms with E-state index in [4.69, 9.17) is 0 Å². The molecule has 3 aromatic rings. The number of rotatable bonds is 7. The van der Waals surface area contributed by atoms with Crippen LogP contribution in [0, 0.1) is 0 Å². The molecule has 0 fully saturated rings. The lowest BCUT2D eigenvalue weighted by Crippen LogP contribution is -2.55. The maximum atomic E-state index is 13.0. The number of nitrogens with one attached hydrogen (secondary N) is 4. The van der Waals surface area contributed by atoms with Gasteiger partial charge in [-0.15, -0.1) is 0 Å². The first-order valence-corrected chi connectivity index (χ1v) is 10.6. The third-order valence-electron chi connectivity index (χ3n) is 5.68. The zero-order chi connectivity index (χ0) is 20.9. The molecule has 4 rings (SSSR count). The Morgan fingerprint density at radius 2 is 1.87 bits per heavy atom. The smallest absolute Gasteiger partial charge is 0.242 e. The molecule has 1 aliphatic heterocycles. The summed E-state index contributed by atoms with van der Waals surface area (Å²) in [6.07, 6.45) is 3.83. The summed E-state index contributed by atoms with van der Waals surface area (Å²) < 4.78 is 0. The van der Waals surface area contributed by atoms with Crippen LogP contribution in [-0.4, -0.2) is 35.4 Å². The fourth-order valence-electron chi connectivity index (χ4n) is 4.01. The monoisotopic (exact) mass is 404 g/mol. The van der Waals surface area contributed by atoms with Crippen LogP contribution in [0.2, 0.25) is 0 Å². The van der Waals surface area contributed by atoms with Crippen molar-refractivity contribution in [3.63, 3.8) is 0 Å². The van der Waals surface area contributed by atoms with Crippen LogP contribution in [0.4, 0.5) is 0 Å². The van der Waals surface area contributed by atoms with Gasteiger partial charge >= 0.3 is 0 Å². The predicted octanol–water partition coefficient (Wildman–Crippen LogP) is 2.44. The second kappa shape index (κ2) is 9.13. The second-order valence-electron chi connectivity index (χ2n) is 7.82. The Kier molecular flexibility index (Phi) is 6.14. The molecule has 0 bridgehead atoms. The zero-order valence-corrected chi connectivity index (χ0v) is 17.2. The molecule has 0 spiro atoms. The lowest BCUT2D eigenvalue weighted by atomic mass is 9.95. The molecule has 156 valence electrons. The van der Waals surface area contributed by atoms with Gasteiger partial charge in [-0.1, -0.05) is 49.4 Å². The molecule has 2 aromatic carbocycles. The topological polar surface area (TPSA) is 86.0 Å². The molecule has 0 radical (unpaired) electrons. The highest BCUT2D eigenvalue weighted by Crippen LogP contribution is 2.20. The number of hydrogen-bond donors (Lipinski definition) is 4. The van der Waals surface area contributed by atoms with Crippen molar-refractivity contribution >= 4 is 22.7 Å². The standard InChI is InChI=1S/C24H28N4O2/c1-2-11-25-23(29)22(13-18-15-26-20-10-6-5-9-19(18)20)28-24(30)21-12-16-7-3-4-8-17(16)14-27-21/h3-10,15,21-22,26-27H,2,11-14H2,1H3,(H,25,29)(H,28,30)/t21-,22+/m1/s1. The minimum absolute atomic E-state index is 0.138. The Morgan fingerprint density at radius 3 is 2.70 bits per heavy atom. The third kappa shape index (κ3) is 4.39. The molecule has 6 nitrogen and oxygen atoms in total. The largest absolute Gasteiger partial charge is 0.361 e. The third-order valence-corrected chi connectivity index (χ3v) is 5.68. The van der Waals surface area contributed by atoms with Crippen LogP contribution in [-0.2, 0) is 29.0 Å². The zero-order valence-electron chi connectivity index (χ0n) is 17.2. The fourth-order valence-corrected chi connectivity index (χ4v) is 4.01. The molecule has 6 heteroatoms. The first-order chi connectivity index (χ1) is 14.7. The second-order valence-corrected chi connectivity index (χ2v) is 7.82. The van der Waals surface area contributed by atoms with Crippen LogP contribution >= 0.6 is 0 Å². The van der Waals surface area contributed by atoms with Gasteiger partial charge in [0.1, 0.15) is 6.04 Å². The van der Waals surface area contributed by atoms with Crippen molar-refractivity contribution in [2.24, 2.45) is 0 Å². The summed E-state index contributed by atoms with van der Waals surface area (Å²) in [5.41, 5.74) is 4.44. The van der Waals surface area contributed by atoms with Crippen molar-refractivity contribution in [3.05, 3.63) is 71.4 Å². The van der Waals surface area contributed by atoms with Crippen molar-refractivity contribution in [2.45, 2.75) is 44.8 Å². The average Bonchev–Trinajstić information content (AvgIpc) is 3.19. The van der Waals surface area contributed by atoms with Gasteiger partial charge in [-0.05, 0) is 35.6 Å². The highest BCUT2D eigenvalue weighted by molar-refractivity contribution is 5.91. The number of hydrogen-bond acceptors (Lipinski definition) is 3. The summed E-state index contributed by atoms with van der Waals surface area (Å²) in [6.45, 7) is 3.26. The average molecular weight is 405 g/mol. The van der Waals surface area contributed by atoms with Gasteiger partial charge in [0, 0.05) is 36.6 Å². The number of aromatic amines is 1. The molecule has 0 saturated carbocycles. The summed E-state index contributed by atoms with van der Waals surface area (Å²) >= 11 is 0. The Hall–Kier alpha value is -3.12. The van der Waals surface area contributed by atoms with Gasteiger partial charge in [-0.25, -0.2) is 0 Å². The van der Waals surface area contributed by atoms with Gasteiger partial charge in [-0.2, -0.15) is 0 Å². The van der Waals surface area contributed by atoms with E-state index in [1.807, 2.05) is 49.5 Å². The number of benzene rings is 2. The van der Waals surface area contributed by atoms with E-state index in [9.17, 15) is 9.59 Å². The fraction of sp³-hybridized carbons (Fsp3) is 0.333. The molecule has 0 aliphatic carbocycles. The number of aromatic nitrogens is 1. The van der Waals surface area contributed by atoms with E-state index in [0.29, 0.717) is 25.9 Å². The van der Waals surface area contributed by atoms with E-state index in [1.165, 1.54) is 11.1 Å². The molecule has 1 aliphatic rings. The molecule has 2 amide bonds. The van der Waals surface area contributed by atoms with Crippen LogP contribution in [0.25, 0.3) is 10.9 Å². The normalized spacial score (nSPS) is 16.6. The molecule has 4 N–H and O–H groups in total. The first-order valence-electron chi connectivity index (χ1n) is 10.6. The highest BCUT2D eigenvalue weighted by Gasteiger charge is 2.28. The molecule has 2 heterocycles. The summed E-state index contributed by atoms with van der Waals surface area (Å²) in [7, 11) is 0. The van der Waals surface area contributed by atoms with Crippen LogP contribution in [0.3, 0.4) is 0 Å². The van der Waals surface area contributed by atoms with Crippen molar-refractivity contribution in [3.8, 4) is 0 Å². The Morgan fingerprint density at radius 1 is 1.10 bits per heavy atom. The number of carbonyl (C=O) groups is 2. The summed E-state index contributed by atoms with van der Waals surface area (Å²) in [5, 5.41) is 10.3. The number of H-pyrrole nitrogens is 1. The van der Waals surface area contributed by atoms with Crippen molar-refractivity contribution in [1.82, 2.24) is 20.9 Å². The van der Waals surface area contributed by atoms with Crippen LogP contribution in [0.1, 0.15) is 30.0 Å². The Bertz CT molecular complexity index is 1040. The molecular weight excluding hydrogens is 376 g/mol. The summed E-state index contributed by atoms with van der Waals surface area (Å²) in [6, 6.07) is 15.2. The Balaban J connectivity index is 1.50. The van der Waals surface area contributed by atoms with Crippen molar-refractivity contribution in [1.29, 1.82) is 0 Å². The summed E-state index contributed by atoms with van der Waals surface area (Å²) in [4.78, 5) is 29.1. The van der Waals surface area contributed by atoms with E-state index in [1.54, 1.807) is 0 Å². The van der Waals surface area contributed by atoms with E-state index in [0.717, 1.165) is 22.9 Å². The van der Waals surface area contributed by atoms with Gasteiger partial charge in [0.15, 0.2) is 0 Å². The van der Waals surface area contributed by atoms with Crippen molar-refractivity contribution in [2.75, 3.05) is 6.54 Å². The van der Waals surface area contributed by atoms with E-state index < -0.39 is 6.04 Å². The minimum Gasteiger partial charge on any atom is -0.361 e. The number of fused-ring (bicyclic) bond motifs is 2. The van der Waals surface area contributed by atoms with Crippen LogP contribution in [0.15, 0.2) is 54.7 Å². The Labute approximate surface area is 176 Å².